The Morgan fingerprint density at radius 3 is 3.00 bits per heavy atom. The average Bonchev–Trinajstić information content (AvgIpc) is 2.52. The van der Waals surface area contributed by atoms with Crippen LogP contribution in [0.2, 0.25) is 0 Å². The van der Waals surface area contributed by atoms with E-state index in [1.807, 2.05) is 6.07 Å². The van der Waals surface area contributed by atoms with Crippen molar-refractivity contribution >= 4 is 16.8 Å². The smallest absolute Gasteiger partial charge is 0.408 e. The number of nitriles is 1. The molecule has 5 nitrogen and oxygen atoms in total. The quantitative estimate of drug-likeness (QED) is 0.707. The second-order valence-corrected chi connectivity index (χ2v) is 3.27. The first-order chi connectivity index (χ1) is 7.13. The summed E-state index contributed by atoms with van der Waals surface area (Å²) in [5, 5.41) is 8.77. The molecule has 0 fully saturated rings. The Kier molecular flexibility index (Phi) is 1.97. The van der Waals surface area contributed by atoms with Crippen molar-refractivity contribution in [2.24, 2.45) is 0 Å². The van der Waals surface area contributed by atoms with Crippen molar-refractivity contribution in [3.8, 4) is 6.07 Å². The van der Waals surface area contributed by atoms with Gasteiger partial charge in [0, 0.05) is 11.8 Å². The monoisotopic (exact) mass is 203 g/mol. The zero-order valence-electron chi connectivity index (χ0n) is 8.10. The molecule has 0 radical (unpaired) electrons. The number of rotatable bonds is 1. The standard InChI is InChI=1S/C10H9N3O2/c1-6(5-11)13-8-3-2-7(12)4-9(8)15-10(13)14/h2-4,6H,12H2,1H3. The maximum atomic E-state index is 11.5. The highest BCUT2D eigenvalue weighted by Crippen LogP contribution is 2.18. The molecule has 5 heteroatoms. The summed E-state index contributed by atoms with van der Waals surface area (Å²) in [6.07, 6.45) is 0. The van der Waals surface area contributed by atoms with Gasteiger partial charge in [0.25, 0.3) is 0 Å². The van der Waals surface area contributed by atoms with Gasteiger partial charge in [0.2, 0.25) is 0 Å². The molecule has 0 bridgehead atoms. The zero-order chi connectivity index (χ0) is 11.0. The van der Waals surface area contributed by atoms with Crippen LogP contribution in [-0.2, 0) is 0 Å². The second kappa shape index (κ2) is 3.17. The van der Waals surface area contributed by atoms with Gasteiger partial charge in [0.05, 0.1) is 11.6 Å². The largest absolute Gasteiger partial charge is 0.421 e. The van der Waals surface area contributed by atoms with Gasteiger partial charge >= 0.3 is 5.76 Å². The minimum atomic E-state index is -0.553. The lowest BCUT2D eigenvalue weighted by Crippen LogP contribution is -2.16. The number of hydrogen-bond donors (Lipinski definition) is 1. The number of benzene rings is 1. The predicted molar refractivity (Wildman–Crippen MR) is 55.2 cm³/mol. The Balaban J connectivity index is 2.81. The van der Waals surface area contributed by atoms with E-state index in [4.69, 9.17) is 15.4 Å². The average molecular weight is 203 g/mol. The van der Waals surface area contributed by atoms with Gasteiger partial charge in [0.1, 0.15) is 6.04 Å². The number of anilines is 1. The SMILES string of the molecule is CC(C#N)n1c(=O)oc2cc(N)ccc21. The molecule has 0 aliphatic rings. The van der Waals surface area contributed by atoms with Gasteiger partial charge in [-0.3, -0.25) is 4.57 Å². The normalized spacial score (nSPS) is 12.5. The Labute approximate surface area is 85.3 Å². The Morgan fingerprint density at radius 2 is 2.33 bits per heavy atom. The molecule has 2 rings (SSSR count). The molecule has 1 aromatic carbocycles. The van der Waals surface area contributed by atoms with Crippen molar-refractivity contribution in [2.45, 2.75) is 13.0 Å². The molecule has 0 amide bonds. The summed E-state index contributed by atoms with van der Waals surface area (Å²) in [5.74, 6) is -0.537. The molecule has 15 heavy (non-hydrogen) atoms. The molecule has 76 valence electrons. The van der Waals surface area contributed by atoms with E-state index in [-0.39, 0.29) is 0 Å². The molecule has 1 unspecified atom stereocenters. The van der Waals surface area contributed by atoms with Crippen molar-refractivity contribution in [1.82, 2.24) is 4.57 Å². The molecule has 0 saturated heterocycles. The first-order valence-electron chi connectivity index (χ1n) is 4.43. The summed E-state index contributed by atoms with van der Waals surface area (Å²) in [6, 6.07) is 6.33. The lowest BCUT2D eigenvalue weighted by atomic mass is 10.2. The lowest BCUT2D eigenvalue weighted by molar-refractivity contribution is 0.498. The number of nitrogens with zero attached hydrogens (tertiary/aromatic N) is 2. The van der Waals surface area contributed by atoms with Gasteiger partial charge in [0.15, 0.2) is 5.58 Å². The van der Waals surface area contributed by atoms with E-state index in [2.05, 4.69) is 0 Å². The summed E-state index contributed by atoms with van der Waals surface area (Å²) < 4.78 is 6.28. The molecule has 2 aromatic rings. The molecule has 1 aromatic heterocycles. The molecule has 2 N–H and O–H groups in total. The van der Waals surface area contributed by atoms with Gasteiger partial charge < -0.3 is 10.2 Å². The number of nitrogens with two attached hydrogens (primary N) is 1. The van der Waals surface area contributed by atoms with Crippen LogP contribution in [-0.4, -0.2) is 4.57 Å². The van der Waals surface area contributed by atoms with Crippen LogP contribution in [0.3, 0.4) is 0 Å². The maximum absolute atomic E-state index is 11.5. The third-order valence-corrected chi connectivity index (χ3v) is 2.21. The first-order valence-corrected chi connectivity index (χ1v) is 4.43. The highest BCUT2D eigenvalue weighted by atomic mass is 16.4. The van der Waals surface area contributed by atoms with Gasteiger partial charge in [-0.15, -0.1) is 0 Å². The molecule has 0 aliphatic heterocycles. The van der Waals surface area contributed by atoms with Crippen molar-refractivity contribution < 1.29 is 4.42 Å². The van der Waals surface area contributed by atoms with Gasteiger partial charge in [-0.05, 0) is 19.1 Å². The molecule has 0 spiro atoms. The van der Waals surface area contributed by atoms with Gasteiger partial charge in [-0.25, -0.2) is 4.79 Å². The van der Waals surface area contributed by atoms with Gasteiger partial charge in [-0.1, -0.05) is 0 Å². The molecular weight excluding hydrogens is 194 g/mol. The van der Waals surface area contributed by atoms with E-state index in [0.717, 1.165) is 0 Å². The van der Waals surface area contributed by atoms with E-state index >= 15 is 0 Å². The van der Waals surface area contributed by atoms with Crippen LogP contribution in [0.15, 0.2) is 27.4 Å². The lowest BCUT2D eigenvalue weighted by Gasteiger charge is -2.02. The fourth-order valence-electron chi connectivity index (χ4n) is 1.48. The molecule has 0 aliphatic carbocycles. The van der Waals surface area contributed by atoms with Gasteiger partial charge in [-0.2, -0.15) is 5.26 Å². The fourth-order valence-corrected chi connectivity index (χ4v) is 1.48. The summed E-state index contributed by atoms with van der Waals surface area (Å²) in [6.45, 7) is 1.63. The highest BCUT2D eigenvalue weighted by Gasteiger charge is 2.13. The van der Waals surface area contributed by atoms with E-state index in [0.29, 0.717) is 16.8 Å². The Bertz CT molecular complexity index is 603. The molecule has 1 heterocycles. The molecule has 1 atom stereocenters. The molecule has 0 saturated carbocycles. The summed E-state index contributed by atoms with van der Waals surface area (Å²) in [4.78, 5) is 11.5. The fraction of sp³-hybridized carbons (Fsp3) is 0.200. The van der Waals surface area contributed by atoms with Crippen LogP contribution in [0, 0.1) is 11.3 Å². The van der Waals surface area contributed by atoms with Crippen molar-refractivity contribution in [1.29, 1.82) is 5.26 Å². The number of aromatic nitrogens is 1. The van der Waals surface area contributed by atoms with Crippen molar-refractivity contribution in [3.63, 3.8) is 0 Å². The maximum Gasteiger partial charge on any atom is 0.421 e. The third kappa shape index (κ3) is 1.36. The van der Waals surface area contributed by atoms with Crippen molar-refractivity contribution in [3.05, 3.63) is 28.7 Å². The number of nitrogen functional groups attached to an aromatic ring is 1. The molecular formula is C10H9N3O2. The number of fused-ring (bicyclic) bond motifs is 1. The number of hydrogen-bond acceptors (Lipinski definition) is 4. The van der Waals surface area contributed by atoms with Crippen LogP contribution in [0.1, 0.15) is 13.0 Å². The minimum absolute atomic E-state index is 0.405. The zero-order valence-corrected chi connectivity index (χ0v) is 8.10. The van der Waals surface area contributed by atoms with E-state index in [1.54, 1.807) is 25.1 Å². The highest BCUT2D eigenvalue weighted by molar-refractivity contribution is 5.77. The van der Waals surface area contributed by atoms with Crippen LogP contribution >= 0.6 is 0 Å². The summed E-state index contributed by atoms with van der Waals surface area (Å²) in [7, 11) is 0. The third-order valence-electron chi connectivity index (χ3n) is 2.21. The van der Waals surface area contributed by atoms with Crippen LogP contribution in [0.25, 0.3) is 11.1 Å². The Morgan fingerprint density at radius 1 is 1.60 bits per heavy atom. The summed E-state index contributed by atoms with van der Waals surface area (Å²) in [5.41, 5.74) is 7.07. The predicted octanol–water partition coefficient (Wildman–Crippen LogP) is 1.26. The number of oxazole rings is 1. The second-order valence-electron chi connectivity index (χ2n) is 3.27. The van der Waals surface area contributed by atoms with Crippen LogP contribution in [0.4, 0.5) is 5.69 Å². The van der Waals surface area contributed by atoms with Crippen LogP contribution in [0.5, 0.6) is 0 Å². The van der Waals surface area contributed by atoms with E-state index < -0.39 is 11.8 Å². The van der Waals surface area contributed by atoms with E-state index in [9.17, 15) is 4.79 Å². The summed E-state index contributed by atoms with van der Waals surface area (Å²) >= 11 is 0. The Hall–Kier alpha value is -2.22. The van der Waals surface area contributed by atoms with Crippen molar-refractivity contribution in [2.75, 3.05) is 5.73 Å². The minimum Gasteiger partial charge on any atom is -0.408 e. The van der Waals surface area contributed by atoms with E-state index in [1.165, 1.54) is 4.57 Å². The first kappa shape index (κ1) is 9.34. The topological polar surface area (TPSA) is 85.0 Å². The van der Waals surface area contributed by atoms with Crippen LogP contribution < -0.4 is 11.5 Å².